The molecule has 1 heteroatoms. The summed E-state index contributed by atoms with van der Waals surface area (Å²) in [5.41, 5.74) is 6.29. The molecule has 0 fully saturated rings. The van der Waals surface area contributed by atoms with Crippen molar-refractivity contribution in [3.8, 4) is 0 Å². The molecule has 0 radical (unpaired) electrons. The fourth-order valence-electron chi connectivity index (χ4n) is 2.68. The smallest absolute Gasteiger partial charge is 0.00771 e. The number of nitrogens with two attached hydrogens (primary N) is 1. The highest BCUT2D eigenvalue weighted by molar-refractivity contribution is 4.78. The lowest BCUT2D eigenvalue weighted by Crippen LogP contribution is -2.21. The van der Waals surface area contributed by atoms with Gasteiger partial charge >= 0.3 is 0 Å². The normalized spacial score (nSPS) is 15.0. The van der Waals surface area contributed by atoms with Gasteiger partial charge in [-0.25, -0.2) is 0 Å². The lowest BCUT2D eigenvalue weighted by Gasteiger charge is -2.33. The van der Waals surface area contributed by atoms with Gasteiger partial charge in [-0.15, -0.1) is 0 Å². The summed E-state index contributed by atoms with van der Waals surface area (Å²) in [4.78, 5) is 0. The second-order valence-corrected chi connectivity index (χ2v) is 5.31. The van der Waals surface area contributed by atoms with Crippen LogP contribution in [0.2, 0.25) is 0 Å². The van der Waals surface area contributed by atoms with Crippen molar-refractivity contribution in [3.05, 3.63) is 0 Å². The zero-order valence-corrected chi connectivity index (χ0v) is 11.9. The Bertz CT molecular complexity index is 134. The SMILES string of the molecule is CCCCCC(CC)(CCCC)CCCN. The van der Waals surface area contributed by atoms with Crippen LogP contribution in [0.3, 0.4) is 0 Å². The molecule has 0 amide bonds. The average molecular weight is 227 g/mol. The summed E-state index contributed by atoms with van der Waals surface area (Å²) in [6.45, 7) is 7.83. The van der Waals surface area contributed by atoms with E-state index in [9.17, 15) is 0 Å². The monoisotopic (exact) mass is 227 g/mol. The van der Waals surface area contributed by atoms with Crippen molar-refractivity contribution in [1.29, 1.82) is 0 Å². The highest BCUT2D eigenvalue weighted by Gasteiger charge is 2.25. The molecule has 0 saturated carbocycles. The molecule has 0 saturated heterocycles. The molecule has 0 aromatic carbocycles. The maximum Gasteiger partial charge on any atom is -0.00771 e. The van der Waals surface area contributed by atoms with Crippen LogP contribution in [0.25, 0.3) is 0 Å². The Morgan fingerprint density at radius 2 is 1.31 bits per heavy atom. The van der Waals surface area contributed by atoms with Gasteiger partial charge in [0.15, 0.2) is 0 Å². The molecule has 2 N–H and O–H groups in total. The zero-order chi connectivity index (χ0) is 12.3. The number of hydrogen-bond donors (Lipinski definition) is 1. The largest absolute Gasteiger partial charge is 0.330 e. The van der Waals surface area contributed by atoms with Crippen LogP contribution in [0.15, 0.2) is 0 Å². The van der Waals surface area contributed by atoms with E-state index in [0.717, 1.165) is 6.54 Å². The van der Waals surface area contributed by atoms with E-state index in [1.54, 1.807) is 0 Å². The van der Waals surface area contributed by atoms with E-state index >= 15 is 0 Å². The molecular formula is C15H33N. The van der Waals surface area contributed by atoms with Crippen LogP contribution in [-0.2, 0) is 0 Å². The topological polar surface area (TPSA) is 26.0 Å². The minimum absolute atomic E-state index is 0.616. The van der Waals surface area contributed by atoms with Crippen molar-refractivity contribution in [3.63, 3.8) is 0 Å². The maximum atomic E-state index is 5.67. The number of rotatable bonds is 11. The van der Waals surface area contributed by atoms with Crippen LogP contribution in [-0.4, -0.2) is 6.54 Å². The Hall–Kier alpha value is -0.0400. The highest BCUT2D eigenvalue weighted by Crippen LogP contribution is 2.39. The third-order valence-corrected chi connectivity index (χ3v) is 4.03. The summed E-state index contributed by atoms with van der Waals surface area (Å²) in [5.74, 6) is 0. The minimum atomic E-state index is 0.616. The van der Waals surface area contributed by atoms with E-state index in [4.69, 9.17) is 5.73 Å². The van der Waals surface area contributed by atoms with E-state index in [1.165, 1.54) is 64.2 Å². The minimum Gasteiger partial charge on any atom is -0.330 e. The lowest BCUT2D eigenvalue weighted by atomic mass is 9.72. The average Bonchev–Trinajstić information content (AvgIpc) is 2.32. The Kier molecular flexibility index (Phi) is 10.1. The van der Waals surface area contributed by atoms with E-state index in [1.807, 2.05) is 0 Å². The Labute approximate surface area is 103 Å². The van der Waals surface area contributed by atoms with Crippen LogP contribution in [0.5, 0.6) is 0 Å². The summed E-state index contributed by atoms with van der Waals surface area (Å²) in [5, 5.41) is 0. The Morgan fingerprint density at radius 1 is 0.750 bits per heavy atom. The molecule has 0 aliphatic carbocycles. The third-order valence-electron chi connectivity index (χ3n) is 4.03. The van der Waals surface area contributed by atoms with Crippen LogP contribution in [0, 0.1) is 5.41 Å². The fourth-order valence-corrected chi connectivity index (χ4v) is 2.68. The molecule has 1 unspecified atom stereocenters. The van der Waals surface area contributed by atoms with Gasteiger partial charge in [0.2, 0.25) is 0 Å². The molecular weight excluding hydrogens is 194 g/mol. The molecule has 0 aromatic heterocycles. The molecule has 16 heavy (non-hydrogen) atoms. The predicted molar refractivity (Wildman–Crippen MR) is 74.7 cm³/mol. The van der Waals surface area contributed by atoms with Gasteiger partial charge in [0.25, 0.3) is 0 Å². The van der Waals surface area contributed by atoms with Crippen molar-refractivity contribution in [1.82, 2.24) is 0 Å². The second-order valence-electron chi connectivity index (χ2n) is 5.31. The van der Waals surface area contributed by atoms with Crippen molar-refractivity contribution in [2.45, 2.75) is 85.0 Å². The van der Waals surface area contributed by atoms with Gasteiger partial charge in [-0.1, -0.05) is 59.3 Å². The molecule has 0 aromatic rings. The van der Waals surface area contributed by atoms with Crippen LogP contribution in [0.1, 0.15) is 85.0 Å². The first-order valence-electron chi connectivity index (χ1n) is 7.44. The van der Waals surface area contributed by atoms with Crippen molar-refractivity contribution < 1.29 is 0 Å². The van der Waals surface area contributed by atoms with E-state index in [0.29, 0.717) is 5.41 Å². The summed E-state index contributed by atoms with van der Waals surface area (Å²) in [6.07, 6.45) is 13.6. The first kappa shape index (κ1) is 16.0. The van der Waals surface area contributed by atoms with Gasteiger partial charge in [-0.3, -0.25) is 0 Å². The van der Waals surface area contributed by atoms with Crippen LogP contribution >= 0.6 is 0 Å². The standard InChI is InChI=1S/C15H33N/c1-4-7-9-12-15(6-3,11-8-5-2)13-10-14-16/h4-14,16H2,1-3H3. The molecule has 0 spiro atoms. The predicted octanol–water partition coefficient (Wildman–Crippen LogP) is 4.89. The molecule has 0 aliphatic rings. The van der Waals surface area contributed by atoms with Gasteiger partial charge in [-0.05, 0) is 37.6 Å². The van der Waals surface area contributed by atoms with Gasteiger partial charge in [0.05, 0.1) is 0 Å². The maximum absolute atomic E-state index is 5.67. The highest BCUT2D eigenvalue weighted by atomic mass is 14.5. The third kappa shape index (κ3) is 6.52. The van der Waals surface area contributed by atoms with Gasteiger partial charge < -0.3 is 5.73 Å². The van der Waals surface area contributed by atoms with Gasteiger partial charge in [0, 0.05) is 0 Å². The molecule has 98 valence electrons. The summed E-state index contributed by atoms with van der Waals surface area (Å²) in [7, 11) is 0. The van der Waals surface area contributed by atoms with Crippen LogP contribution < -0.4 is 5.73 Å². The van der Waals surface area contributed by atoms with Crippen molar-refractivity contribution in [2.24, 2.45) is 11.1 Å². The lowest BCUT2D eigenvalue weighted by molar-refractivity contribution is 0.192. The van der Waals surface area contributed by atoms with Crippen LogP contribution in [0.4, 0.5) is 0 Å². The quantitative estimate of drug-likeness (QED) is 0.500. The first-order chi connectivity index (χ1) is 7.74. The van der Waals surface area contributed by atoms with Crippen molar-refractivity contribution in [2.75, 3.05) is 6.54 Å². The Balaban J connectivity index is 4.16. The summed E-state index contributed by atoms with van der Waals surface area (Å²) >= 11 is 0. The molecule has 1 nitrogen and oxygen atoms in total. The molecule has 0 bridgehead atoms. The molecule has 0 rings (SSSR count). The number of unbranched alkanes of at least 4 members (excludes halogenated alkanes) is 3. The Morgan fingerprint density at radius 3 is 1.81 bits per heavy atom. The molecule has 1 atom stereocenters. The number of hydrogen-bond acceptors (Lipinski definition) is 1. The van der Waals surface area contributed by atoms with Crippen molar-refractivity contribution >= 4 is 0 Å². The fraction of sp³-hybridized carbons (Fsp3) is 1.00. The van der Waals surface area contributed by atoms with E-state index in [2.05, 4.69) is 20.8 Å². The van der Waals surface area contributed by atoms with Gasteiger partial charge in [-0.2, -0.15) is 0 Å². The van der Waals surface area contributed by atoms with E-state index in [-0.39, 0.29) is 0 Å². The summed E-state index contributed by atoms with van der Waals surface area (Å²) < 4.78 is 0. The van der Waals surface area contributed by atoms with Gasteiger partial charge in [0.1, 0.15) is 0 Å². The first-order valence-corrected chi connectivity index (χ1v) is 7.44. The zero-order valence-electron chi connectivity index (χ0n) is 11.9. The van der Waals surface area contributed by atoms with E-state index < -0.39 is 0 Å². The molecule has 0 aliphatic heterocycles. The summed E-state index contributed by atoms with van der Waals surface area (Å²) in [6, 6.07) is 0. The second kappa shape index (κ2) is 10.1. The molecule has 0 heterocycles.